The molecule has 2 rings (SSSR count). The number of nitrogens with zero attached hydrogens (tertiary/aromatic N) is 3. The number of primary amides is 1. The van der Waals surface area contributed by atoms with Crippen LogP contribution in [0.3, 0.4) is 0 Å². The molecule has 11 heteroatoms. The zero-order valence-corrected chi connectivity index (χ0v) is 17.1. The summed E-state index contributed by atoms with van der Waals surface area (Å²) in [5.74, 6) is -2.71. The summed E-state index contributed by atoms with van der Waals surface area (Å²) in [7, 11) is 0. The number of nitrogens with one attached hydrogen (secondary N) is 1. The van der Waals surface area contributed by atoms with Gasteiger partial charge in [0, 0.05) is 18.4 Å². The van der Waals surface area contributed by atoms with Gasteiger partial charge in [-0.05, 0) is 31.0 Å². The van der Waals surface area contributed by atoms with Crippen LogP contribution >= 0.6 is 0 Å². The van der Waals surface area contributed by atoms with Gasteiger partial charge in [-0.15, -0.1) is 0 Å². The Bertz CT molecular complexity index is 961. The Hall–Kier alpha value is -3.50. The molecule has 1 atom stereocenters. The van der Waals surface area contributed by atoms with Gasteiger partial charge < -0.3 is 16.0 Å². The fraction of sp³-hybridized carbons (Fsp3) is 0.350. The molecule has 0 spiro atoms. The third-order valence-electron chi connectivity index (χ3n) is 4.68. The molecule has 0 saturated carbocycles. The maximum atomic E-state index is 12.8. The summed E-state index contributed by atoms with van der Waals surface area (Å²) in [5.41, 5.74) is 4.60. The predicted molar refractivity (Wildman–Crippen MR) is 105 cm³/mol. The zero-order valence-electron chi connectivity index (χ0n) is 17.1. The summed E-state index contributed by atoms with van der Waals surface area (Å²) in [4.78, 5) is 45.4. The van der Waals surface area contributed by atoms with Gasteiger partial charge in [0.05, 0.1) is 35.2 Å². The van der Waals surface area contributed by atoms with Crippen LogP contribution < -0.4 is 11.1 Å². The Kier molecular flexibility index (Phi) is 7.32. The van der Waals surface area contributed by atoms with E-state index in [-0.39, 0.29) is 29.4 Å². The highest BCUT2D eigenvalue weighted by molar-refractivity contribution is 6.39. The molecule has 0 saturated heterocycles. The second-order valence-corrected chi connectivity index (χ2v) is 7.23. The van der Waals surface area contributed by atoms with Crippen molar-refractivity contribution in [3.05, 3.63) is 53.6 Å². The summed E-state index contributed by atoms with van der Waals surface area (Å²) in [6.45, 7) is 5.23. The molecule has 3 N–H and O–H groups in total. The molecule has 0 aromatic carbocycles. The number of carbonyl (C=O) groups excluding carboxylic acids is 3. The van der Waals surface area contributed by atoms with Gasteiger partial charge >= 0.3 is 18.0 Å². The van der Waals surface area contributed by atoms with Crippen LogP contribution in [0.5, 0.6) is 0 Å². The Morgan fingerprint density at radius 2 is 1.81 bits per heavy atom. The minimum absolute atomic E-state index is 0.0478. The van der Waals surface area contributed by atoms with Gasteiger partial charge in [-0.25, -0.2) is 0 Å². The first-order valence-electron chi connectivity index (χ1n) is 9.29. The van der Waals surface area contributed by atoms with Crippen LogP contribution in [0.15, 0.2) is 36.8 Å². The van der Waals surface area contributed by atoms with Gasteiger partial charge in [-0.2, -0.15) is 13.2 Å². The van der Waals surface area contributed by atoms with E-state index in [0.717, 1.165) is 12.1 Å². The molecule has 8 nitrogen and oxygen atoms in total. The van der Waals surface area contributed by atoms with Gasteiger partial charge in [0.15, 0.2) is 0 Å². The Balaban J connectivity index is 2.22. The first kappa shape index (κ1) is 23.8. The van der Waals surface area contributed by atoms with E-state index in [0.29, 0.717) is 6.20 Å². The number of aromatic nitrogens is 2. The maximum Gasteiger partial charge on any atom is 0.417 e. The lowest BCUT2D eigenvalue weighted by Gasteiger charge is -2.31. The molecular formula is C20H22F3N5O3. The zero-order chi connectivity index (χ0) is 23.3. The average Bonchev–Trinajstić information content (AvgIpc) is 2.70. The van der Waals surface area contributed by atoms with E-state index in [1.54, 1.807) is 6.92 Å². The quantitative estimate of drug-likeness (QED) is 0.674. The van der Waals surface area contributed by atoms with E-state index >= 15 is 0 Å². The standard InChI is InChI=1S/C20H22F3N5O3/c1-11(2)12(3)28(10-15-5-4-14(8-26-15)20(21,22)23)19(31)18(30)27-16-6-13(17(24)29)7-25-9-16/h4-9,11-12H,10H2,1-3H3,(H2,24,29)(H,27,30). The number of nitrogens with two attached hydrogens (primary N) is 1. The molecule has 2 aromatic rings. The normalized spacial score (nSPS) is 12.4. The van der Waals surface area contributed by atoms with E-state index in [1.807, 2.05) is 13.8 Å². The number of anilines is 1. The fourth-order valence-corrected chi connectivity index (χ4v) is 2.58. The van der Waals surface area contributed by atoms with Crippen molar-refractivity contribution in [2.45, 2.75) is 39.5 Å². The van der Waals surface area contributed by atoms with Crippen molar-refractivity contribution in [3.8, 4) is 0 Å². The molecule has 166 valence electrons. The topological polar surface area (TPSA) is 118 Å². The van der Waals surface area contributed by atoms with Crippen molar-refractivity contribution >= 4 is 23.4 Å². The monoisotopic (exact) mass is 437 g/mol. The van der Waals surface area contributed by atoms with Crippen molar-refractivity contribution < 1.29 is 27.6 Å². The fourth-order valence-electron chi connectivity index (χ4n) is 2.58. The average molecular weight is 437 g/mol. The molecular weight excluding hydrogens is 415 g/mol. The summed E-state index contributed by atoms with van der Waals surface area (Å²) in [6.07, 6.45) is -1.40. The molecule has 2 heterocycles. The second-order valence-electron chi connectivity index (χ2n) is 7.23. The summed E-state index contributed by atoms with van der Waals surface area (Å²) in [6, 6.07) is 2.88. The number of hydrogen-bond acceptors (Lipinski definition) is 5. The van der Waals surface area contributed by atoms with Crippen LogP contribution in [0.25, 0.3) is 0 Å². The van der Waals surface area contributed by atoms with Crippen LogP contribution in [0.4, 0.5) is 18.9 Å². The molecule has 0 aliphatic carbocycles. The first-order valence-corrected chi connectivity index (χ1v) is 9.29. The largest absolute Gasteiger partial charge is 0.417 e. The number of halogens is 3. The lowest BCUT2D eigenvalue weighted by atomic mass is 10.0. The van der Waals surface area contributed by atoms with Gasteiger partial charge in [-0.1, -0.05) is 13.8 Å². The van der Waals surface area contributed by atoms with Crippen LogP contribution in [-0.2, 0) is 22.3 Å². The van der Waals surface area contributed by atoms with Crippen molar-refractivity contribution in [2.24, 2.45) is 11.7 Å². The summed E-state index contributed by atoms with van der Waals surface area (Å²) >= 11 is 0. The Morgan fingerprint density at radius 3 is 2.32 bits per heavy atom. The van der Waals surface area contributed by atoms with Crippen LogP contribution in [0.1, 0.15) is 42.4 Å². The third kappa shape index (κ3) is 6.24. The Labute approximate surface area is 176 Å². The highest BCUT2D eigenvalue weighted by Gasteiger charge is 2.32. The van der Waals surface area contributed by atoms with Crippen molar-refractivity contribution in [3.63, 3.8) is 0 Å². The Morgan fingerprint density at radius 1 is 1.13 bits per heavy atom. The molecule has 2 aromatic heterocycles. The van der Waals surface area contributed by atoms with Gasteiger partial charge in [0.2, 0.25) is 5.91 Å². The van der Waals surface area contributed by atoms with Crippen LogP contribution in [0.2, 0.25) is 0 Å². The molecule has 0 radical (unpaired) electrons. The molecule has 31 heavy (non-hydrogen) atoms. The number of hydrogen-bond donors (Lipinski definition) is 2. The summed E-state index contributed by atoms with van der Waals surface area (Å²) < 4.78 is 38.2. The second kappa shape index (κ2) is 9.54. The van der Waals surface area contributed by atoms with Gasteiger partial charge in [0.25, 0.3) is 0 Å². The minimum atomic E-state index is -4.53. The number of carbonyl (C=O) groups is 3. The van der Waals surface area contributed by atoms with E-state index in [1.165, 1.54) is 23.4 Å². The van der Waals surface area contributed by atoms with Crippen molar-refractivity contribution in [2.75, 3.05) is 5.32 Å². The van der Waals surface area contributed by atoms with Crippen molar-refractivity contribution in [1.82, 2.24) is 14.9 Å². The van der Waals surface area contributed by atoms with E-state index in [2.05, 4.69) is 15.3 Å². The van der Waals surface area contributed by atoms with Crippen LogP contribution in [0, 0.1) is 5.92 Å². The lowest BCUT2D eigenvalue weighted by molar-refractivity contribution is -0.145. The number of pyridine rings is 2. The molecule has 0 aliphatic rings. The van der Waals surface area contributed by atoms with Gasteiger partial charge in [0.1, 0.15) is 0 Å². The molecule has 0 bridgehead atoms. The first-order chi connectivity index (χ1) is 14.4. The SMILES string of the molecule is CC(C)C(C)N(Cc1ccc(C(F)(F)F)cn1)C(=O)C(=O)Nc1cncc(C(N)=O)c1. The summed E-state index contributed by atoms with van der Waals surface area (Å²) in [5, 5.41) is 2.36. The molecule has 0 fully saturated rings. The molecule has 1 unspecified atom stereocenters. The lowest BCUT2D eigenvalue weighted by Crippen LogP contribution is -2.46. The highest BCUT2D eigenvalue weighted by Crippen LogP contribution is 2.28. The van der Waals surface area contributed by atoms with E-state index < -0.39 is 35.5 Å². The predicted octanol–water partition coefficient (Wildman–Crippen LogP) is 2.61. The third-order valence-corrected chi connectivity index (χ3v) is 4.68. The highest BCUT2D eigenvalue weighted by atomic mass is 19.4. The van der Waals surface area contributed by atoms with Crippen LogP contribution in [-0.4, -0.2) is 38.6 Å². The molecule has 3 amide bonds. The minimum Gasteiger partial charge on any atom is -0.366 e. The number of amides is 3. The van der Waals surface area contributed by atoms with Gasteiger partial charge in [-0.3, -0.25) is 24.4 Å². The number of rotatable bonds is 6. The molecule has 0 aliphatic heterocycles. The van der Waals surface area contributed by atoms with Crippen molar-refractivity contribution in [1.29, 1.82) is 0 Å². The smallest absolute Gasteiger partial charge is 0.366 e. The van der Waals surface area contributed by atoms with E-state index in [9.17, 15) is 27.6 Å². The maximum absolute atomic E-state index is 12.8. The number of alkyl halides is 3. The van der Waals surface area contributed by atoms with E-state index in [4.69, 9.17) is 5.73 Å².